The van der Waals surface area contributed by atoms with Crippen molar-refractivity contribution in [3.8, 4) is 34.2 Å². The largest absolute Gasteiger partial charge is 0.464 e. The minimum atomic E-state index is -1.05. The summed E-state index contributed by atoms with van der Waals surface area (Å²) in [6, 6.07) is 16.1. The molecule has 0 saturated carbocycles. The van der Waals surface area contributed by atoms with Gasteiger partial charge >= 0.3 is 5.97 Å². The SMILES string of the molecule is C.CCn1c(-c2cccnc2C(C)C)c2c3cc(ccc31)-c1cccc(c1)C[C@H](NC(=O)[C@H](C(C)C)N(C)C(=O)[C@H]1CCN(C(=O)C#CC3CCO3)C1)C(=O)N1CCC[C@H](N1)C(=O)OCC(C)(C)C2.S.S.S.S.S. The maximum atomic E-state index is 14.8. The molecule has 14 nitrogen and oxygen atoms in total. The second kappa shape index (κ2) is 28.2. The van der Waals surface area contributed by atoms with E-state index in [0.717, 1.165) is 57.5 Å². The summed E-state index contributed by atoms with van der Waals surface area (Å²) >= 11 is 0. The molecule has 0 radical (unpaired) electrons. The number of aryl methyl sites for hydroxylation is 1. The highest BCUT2D eigenvalue weighted by molar-refractivity contribution is 7.60. The number of cyclic esters (lactones) is 1. The summed E-state index contributed by atoms with van der Waals surface area (Å²) in [6.07, 6.45) is 4.69. The van der Waals surface area contributed by atoms with Gasteiger partial charge in [0.1, 0.15) is 24.2 Å². The van der Waals surface area contributed by atoms with Crippen LogP contribution < -0.4 is 10.7 Å². The number of rotatable bonds is 8. The van der Waals surface area contributed by atoms with Crippen molar-refractivity contribution >= 4 is 108 Å². The van der Waals surface area contributed by atoms with E-state index in [1.54, 1.807) is 11.9 Å². The lowest BCUT2D eigenvalue weighted by Crippen LogP contribution is -2.62. The van der Waals surface area contributed by atoms with Crippen LogP contribution in [0.25, 0.3) is 33.3 Å². The number of nitrogens with one attached hydrogen (secondary N) is 2. The molecule has 19 heteroatoms. The van der Waals surface area contributed by atoms with E-state index in [9.17, 15) is 24.0 Å². The third-order valence-electron chi connectivity index (χ3n) is 14.0. The first-order chi connectivity index (χ1) is 32.5. The highest BCUT2D eigenvalue weighted by Crippen LogP contribution is 2.42. The molecular formula is C55H81N7O7S5. The van der Waals surface area contributed by atoms with Crippen LogP contribution in [0.3, 0.4) is 0 Å². The number of nitrogens with zero attached hydrogens (tertiary/aromatic N) is 5. The van der Waals surface area contributed by atoms with Crippen LogP contribution in [-0.4, -0.2) is 118 Å². The Balaban J connectivity index is 0.00000312. The monoisotopic (exact) mass is 1110 g/mol. The van der Waals surface area contributed by atoms with Gasteiger partial charge in [-0.25, -0.2) is 5.43 Å². The van der Waals surface area contributed by atoms with E-state index in [0.29, 0.717) is 45.4 Å². The van der Waals surface area contributed by atoms with Gasteiger partial charge in [-0.05, 0) is 96.9 Å². The zero-order valence-corrected chi connectivity index (χ0v) is 48.4. The Bertz CT molecular complexity index is 2660. The van der Waals surface area contributed by atoms with E-state index in [1.807, 2.05) is 38.2 Å². The van der Waals surface area contributed by atoms with E-state index in [1.165, 1.54) is 15.5 Å². The van der Waals surface area contributed by atoms with Crippen molar-refractivity contribution < 1.29 is 33.4 Å². The number of carbonyl (C=O) groups excluding carboxylic acids is 5. The third-order valence-corrected chi connectivity index (χ3v) is 14.0. The molecule has 2 aromatic carbocycles. The summed E-state index contributed by atoms with van der Waals surface area (Å²) < 4.78 is 13.8. The maximum absolute atomic E-state index is 14.8. The molecule has 0 aliphatic carbocycles. The number of benzene rings is 2. The van der Waals surface area contributed by atoms with E-state index < -0.39 is 47.2 Å². The normalized spacial score (nSPS) is 20.4. The standard InChI is InChI=1S/C54H67N7O7.CH4.5H2S/c1-9-60-45-19-17-37-29-41(45)42(49(60)40-15-11-23-55-47(40)33(2)3)30-54(6,7)32-68-53(66)43-16-12-24-61(57-43)52(65)44(28-35-13-10-14-36(37)27-35)56-50(63)48(34(4)5)58(8)51(64)38-21-25-59(31-38)46(62)20-18-39-22-26-67-39;;;;;;/h10-11,13-15,17,19,23,27,29,33-34,38-39,43-44,48,57H,9,12,16,21-22,24-26,28,30-32H2,1-8H3,(H,56,63);1H4;5*1H2/t38-,39?,43-,44-,48-;;;;;;/m0....../s1. The predicted molar refractivity (Wildman–Crippen MR) is 319 cm³/mol. The van der Waals surface area contributed by atoms with Gasteiger partial charge in [0.2, 0.25) is 11.8 Å². The number of likely N-dealkylation sites (N-methyl/N-ethyl adjacent to an activating group) is 1. The van der Waals surface area contributed by atoms with Crippen LogP contribution in [0.4, 0.5) is 0 Å². The van der Waals surface area contributed by atoms with Gasteiger partial charge in [0.15, 0.2) is 0 Å². The van der Waals surface area contributed by atoms with Gasteiger partial charge in [-0.15, -0.1) is 0 Å². The van der Waals surface area contributed by atoms with Gasteiger partial charge < -0.3 is 29.2 Å². The molecule has 74 heavy (non-hydrogen) atoms. The number of fused-ring (bicyclic) bond motifs is 6. The van der Waals surface area contributed by atoms with E-state index in [4.69, 9.17) is 14.5 Å². The summed E-state index contributed by atoms with van der Waals surface area (Å²) in [5.41, 5.74) is 11.0. The Morgan fingerprint density at radius 3 is 2.32 bits per heavy atom. The number of carbonyl (C=O) groups is 5. The van der Waals surface area contributed by atoms with Gasteiger partial charge in [0.05, 0.1) is 30.5 Å². The molecule has 8 rings (SSSR count). The molecule has 4 aliphatic rings. The molecule has 4 aliphatic heterocycles. The molecule has 3 saturated heterocycles. The Morgan fingerprint density at radius 1 is 0.946 bits per heavy atom. The Hall–Kier alpha value is -4.29. The van der Waals surface area contributed by atoms with Crippen LogP contribution in [0.2, 0.25) is 0 Å². The van der Waals surface area contributed by atoms with E-state index in [-0.39, 0.29) is 124 Å². The number of hydrogen-bond acceptors (Lipinski definition) is 9. The first kappa shape index (κ1) is 65.8. The fourth-order valence-electron chi connectivity index (χ4n) is 10.3. The lowest BCUT2D eigenvalue weighted by atomic mass is 9.83. The second-order valence-corrected chi connectivity index (χ2v) is 20.4. The zero-order chi connectivity index (χ0) is 48.4. The number of esters is 1. The molecule has 5 atom stereocenters. The average Bonchev–Trinajstić information content (AvgIpc) is 3.92. The van der Waals surface area contributed by atoms with Crippen LogP contribution in [0, 0.1) is 29.1 Å². The maximum Gasteiger partial charge on any atom is 0.324 e. The molecule has 2 N–H and O–H groups in total. The number of ether oxygens (including phenoxy) is 2. The molecule has 4 aromatic rings. The van der Waals surface area contributed by atoms with E-state index in [2.05, 4.69) is 98.2 Å². The Morgan fingerprint density at radius 2 is 1.66 bits per heavy atom. The van der Waals surface area contributed by atoms with E-state index >= 15 is 0 Å². The molecule has 1 unspecified atom stereocenters. The number of amides is 4. The molecule has 2 aromatic heterocycles. The zero-order valence-electron chi connectivity index (χ0n) is 43.4. The summed E-state index contributed by atoms with van der Waals surface area (Å²) in [4.78, 5) is 78.2. The average molecular weight is 1110 g/mol. The van der Waals surface area contributed by atoms with Crippen molar-refractivity contribution in [3.05, 3.63) is 77.6 Å². The van der Waals surface area contributed by atoms with Crippen molar-refractivity contribution in [1.82, 2.24) is 35.1 Å². The molecule has 6 bridgehead atoms. The topological polar surface area (TPSA) is 155 Å². The van der Waals surface area contributed by atoms with Gasteiger partial charge in [-0.1, -0.05) is 85.2 Å². The second-order valence-electron chi connectivity index (χ2n) is 20.4. The smallest absolute Gasteiger partial charge is 0.324 e. The highest BCUT2D eigenvalue weighted by Gasteiger charge is 2.40. The third kappa shape index (κ3) is 14.4. The number of aromatic nitrogens is 2. The lowest BCUT2D eigenvalue weighted by Gasteiger charge is -2.37. The first-order valence-electron chi connectivity index (χ1n) is 24.5. The molecule has 4 amide bonds. The van der Waals surface area contributed by atoms with Crippen LogP contribution in [-0.2, 0) is 52.8 Å². The molecule has 6 heterocycles. The van der Waals surface area contributed by atoms with Crippen LogP contribution >= 0.6 is 67.5 Å². The van der Waals surface area contributed by atoms with Gasteiger partial charge in [0.25, 0.3) is 11.8 Å². The highest BCUT2D eigenvalue weighted by atomic mass is 32.1. The minimum absolute atomic E-state index is 0. The van der Waals surface area contributed by atoms with Crippen LogP contribution in [0.1, 0.15) is 104 Å². The van der Waals surface area contributed by atoms with Crippen molar-refractivity contribution in [2.75, 3.05) is 39.9 Å². The van der Waals surface area contributed by atoms with Crippen molar-refractivity contribution in [3.63, 3.8) is 0 Å². The quantitative estimate of drug-likeness (QED) is 0.135. The van der Waals surface area contributed by atoms with Gasteiger partial charge in [-0.3, -0.25) is 34.0 Å². The minimum Gasteiger partial charge on any atom is -0.464 e. The van der Waals surface area contributed by atoms with Gasteiger partial charge in [-0.2, -0.15) is 67.5 Å². The number of hydrazine groups is 1. The fraction of sp³-hybridized carbons (Fsp3) is 0.527. The van der Waals surface area contributed by atoms with Crippen molar-refractivity contribution in [1.29, 1.82) is 0 Å². The number of likely N-dealkylation sites (tertiary alicyclic amines) is 1. The Kier molecular flexibility index (Phi) is 25.1. The van der Waals surface area contributed by atoms with Crippen molar-refractivity contribution in [2.24, 2.45) is 17.3 Å². The van der Waals surface area contributed by atoms with Gasteiger partial charge in [0, 0.05) is 74.1 Å². The van der Waals surface area contributed by atoms with Crippen LogP contribution in [0.5, 0.6) is 0 Å². The number of pyridine rings is 1. The number of hydrogen-bond donors (Lipinski definition) is 2. The summed E-state index contributed by atoms with van der Waals surface area (Å²) in [5, 5.41) is 5.63. The molecule has 408 valence electrons. The molecule has 0 spiro atoms. The molecule has 3 fully saturated rings. The molecular weight excluding hydrogens is 1030 g/mol. The summed E-state index contributed by atoms with van der Waals surface area (Å²) in [7, 11) is 1.61. The van der Waals surface area contributed by atoms with Crippen LogP contribution in [0.15, 0.2) is 60.8 Å². The first-order valence-corrected chi connectivity index (χ1v) is 24.5. The summed E-state index contributed by atoms with van der Waals surface area (Å²) in [6.45, 7) is 16.9. The lowest BCUT2D eigenvalue weighted by molar-refractivity contribution is -0.155. The summed E-state index contributed by atoms with van der Waals surface area (Å²) in [5.74, 6) is 3.00. The predicted octanol–water partition coefficient (Wildman–Crippen LogP) is 7.49. The Labute approximate surface area is 473 Å². The van der Waals surface area contributed by atoms with Crippen molar-refractivity contribution in [2.45, 2.75) is 131 Å². The fourth-order valence-corrected chi connectivity index (χ4v) is 10.3.